The van der Waals surface area contributed by atoms with Gasteiger partial charge in [0.2, 0.25) is 0 Å². The number of hydrogen-bond acceptors (Lipinski definition) is 5. The molecule has 0 spiro atoms. The molecule has 1 N–H and O–H groups in total. The van der Waals surface area contributed by atoms with Gasteiger partial charge in [-0.25, -0.2) is 14.8 Å². The zero-order valence-electron chi connectivity index (χ0n) is 10.6. The summed E-state index contributed by atoms with van der Waals surface area (Å²) in [6.07, 6.45) is 3.61. The van der Waals surface area contributed by atoms with Crippen LogP contribution in [-0.2, 0) is 0 Å². The van der Waals surface area contributed by atoms with E-state index >= 15 is 0 Å². The lowest BCUT2D eigenvalue weighted by atomic mass is 10.3. The van der Waals surface area contributed by atoms with E-state index in [2.05, 4.69) is 23.8 Å². The summed E-state index contributed by atoms with van der Waals surface area (Å²) in [6, 6.07) is 0. The summed E-state index contributed by atoms with van der Waals surface area (Å²) in [4.78, 5) is 21.8. The lowest BCUT2D eigenvalue weighted by Gasteiger charge is -2.18. The van der Waals surface area contributed by atoms with E-state index in [4.69, 9.17) is 0 Å². The molecule has 18 heavy (non-hydrogen) atoms. The molecule has 0 atom stereocenters. The molecule has 2 rings (SSSR count). The molecule has 0 saturated carbocycles. The van der Waals surface area contributed by atoms with E-state index in [9.17, 15) is 9.90 Å². The first kappa shape index (κ1) is 13.1. The summed E-state index contributed by atoms with van der Waals surface area (Å²) in [5, 5.41) is 10.2. The maximum Gasteiger partial charge on any atom is 0.341 e. The normalized spacial score (nSPS) is 15.4. The van der Waals surface area contributed by atoms with Crippen molar-refractivity contribution in [2.45, 2.75) is 37.1 Å². The number of carboxylic acids is 1. The summed E-state index contributed by atoms with van der Waals surface area (Å²) in [6.45, 7) is 5.88. The minimum Gasteiger partial charge on any atom is -0.477 e. The molecule has 2 heterocycles. The number of carbonyl (C=O) groups is 1. The van der Waals surface area contributed by atoms with Crippen LogP contribution >= 0.6 is 11.8 Å². The molecular weight excluding hydrogens is 250 g/mol. The zero-order valence-corrected chi connectivity index (χ0v) is 11.4. The Bertz CT molecular complexity index is 445. The molecule has 1 aliphatic rings. The third-order valence-corrected chi connectivity index (χ3v) is 3.60. The summed E-state index contributed by atoms with van der Waals surface area (Å²) < 4.78 is 0. The maximum absolute atomic E-state index is 11.2. The fraction of sp³-hybridized carbons (Fsp3) is 0.583. The molecule has 0 amide bonds. The van der Waals surface area contributed by atoms with Crippen LogP contribution in [0.4, 0.5) is 5.82 Å². The number of thioether (sulfide) groups is 1. The van der Waals surface area contributed by atoms with Crippen LogP contribution in [0.5, 0.6) is 0 Å². The first-order valence-electron chi connectivity index (χ1n) is 6.10. The van der Waals surface area contributed by atoms with E-state index in [-0.39, 0.29) is 5.56 Å². The summed E-state index contributed by atoms with van der Waals surface area (Å²) in [5.41, 5.74) is 0.199. The smallest absolute Gasteiger partial charge is 0.341 e. The van der Waals surface area contributed by atoms with E-state index < -0.39 is 5.97 Å². The Kier molecular flexibility index (Phi) is 4.06. The molecule has 0 aliphatic carbocycles. The van der Waals surface area contributed by atoms with Crippen LogP contribution in [0.1, 0.15) is 37.0 Å². The van der Waals surface area contributed by atoms with Gasteiger partial charge in [-0.2, -0.15) is 0 Å². The van der Waals surface area contributed by atoms with Gasteiger partial charge in [0.25, 0.3) is 0 Å². The van der Waals surface area contributed by atoms with Crippen LogP contribution < -0.4 is 4.90 Å². The second-order valence-corrected chi connectivity index (χ2v) is 6.10. The monoisotopic (exact) mass is 267 g/mol. The van der Waals surface area contributed by atoms with E-state index in [1.165, 1.54) is 6.20 Å². The van der Waals surface area contributed by atoms with Crippen molar-refractivity contribution in [1.29, 1.82) is 0 Å². The second kappa shape index (κ2) is 5.56. The highest BCUT2D eigenvalue weighted by Gasteiger charge is 2.22. The van der Waals surface area contributed by atoms with Gasteiger partial charge >= 0.3 is 5.97 Å². The Morgan fingerprint density at radius 3 is 2.67 bits per heavy atom. The van der Waals surface area contributed by atoms with Crippen molar-refractivity contribution in [3.05, 3.63) is 11.8 Å². The number of nitrogens with zero attached hydrogens (tertiary/aromatic N) is 3. The zero-order chi connectivity index (χ0) is 13.1. The maximum atomic E-state index is 11.2. The third kappa shape index (κ3) is 2.93. The topological polar surface area (TPSA) is 66.3 Å². The molecule has 1 aromatic rings. The molecule has 0 aromatic carbocycles. The van der Waals surface area contributed by atoms with Gasteiger partial charge in [-0.3, -0.25) is 0 Å². The van der Waals surface area contributed by atoms with Crippen LogP contribution in [-0.4, -0.2) is 39.4 Å². The molecule has 5 nitrogen and oxygen atoms in total. The van der Waals surface area contributed by atoms with E-state index in [0.717, 1.165) is 25.9 Å². The number of carboxylic acid groups (broad SMARTS) is 1. The number of aromatic nitrogens is 2. The van der Waals surface area contributed by atoms with Crippen LogP contribution in [0.15, 0.2) is 11.4 Å². The van der Waals surface area contributed by atoms with Gasteiger partial charge in [0.1, 0.15) is 11.4 Å². The Hall–Kier alpha value is -1.30. The Morgan fingerprint density at radius 2 is 2.11 bits per heavy atom. The standard InChI is InChI=1S/C12H17N3O2S/c1-8(2)18-12-13-7-9(11(16)17)10(14-12)15-5-3-4-6-15/h7-8H,3-6H2,1-2H3,(H,16,17). The van der Waals surface area contributed by atoms with Crippen LogP contribution in [0, 0.1) is 0 Å². The number of hydrogen-bond donors (Lipinski definition) is 1. The van der Waals surface area contributed by atoms with Crippen molar-refractivity contribution in [3.8, 4) is 0 Å². The van der Waals surface area contributed by atoms with Crippen molar-refractivity contribution >= 4 is 23.5 Å². The van der Waals surface area contributed by atoms with Crippen molar-refractivity contribution in [3.63, 3.8) is 0 Å². The highest BCUT2D eigenvalue weighted by Crippen LogP contribution is 2.26. The van der Waals surface area contributed by atoms with Crippen molar-refractivity contribution in [2.75, 3.05) is 18.0 Å². The lowest BCUT2D eigenvalue weighted by Crippen LogP contribution is -2.22. The van der Waals surface area contributed by atoms with Gasteiger partial charge in [0.15, 0.2) is 5.16 Å². The van der Waals surface area contributed by atoms with Crippen LogP contribution in [0.3, 0.4) is 0 Å². The summed E-state index contributed by atoms with van der Waals surface area (Å²) >= 11 is 1.55. The predicted molar refractivity (Wildman–Crippen MR) is 71.4 cm³/mol. The summed E-state index contributed by atoms with van der Waals surface area (Å²) in [7, 11) is 0. The summed E-state index contributed by atoms with van der Waals surface area (Å²) in [5.74, 6) is -0.392. The molecule has 1 saturated heterocycles. The van der Waals surface area contributed by atoms with Crippen molar-refractivity contribution in [1.82, 2.24) is 9.97 Å². The third-order valence-electron chi connectivity index (χ3n) is 2.72. The van der Waals surface area contributed by atoms with E-state index in [1.807, 2.05) is 4.90 Å². The van der Waals surface area contributed by atoms with Gasteiger partial charge in [0, 0.05) is 24.5 Å². The number of anilines is 1. The molecule has 1 aromatic heterocycles. The minimum absolute atomic E-state index is 0.199. The van der Waals surface area contributed by atoms with Gasteiger partial charge in [0.05, 0.1) is 0 Å². The fourth-order valence-electron chi connectivity index (χ4n) is 1.95. The highest BCUT2D eigenvalue weighted by atomic mass is 32.2. The highest BCUT2D eigenvalue weighted by molar-refractivity contribution is 7.99. The minimum atomic E-state index is -0.960. The average Bonchev–Trinajstić information content (AvgIpc) is 2.80. The van der Waals surface area contributed by atoms with Crippen molar-refractivity contribution in [2.24, 2.45) is 0 Å². The molecule has 0 radical (unpaired) electrons. The molecule has 6 heteroatoms. The van der Waals surface area contributed by atoms with Gasteiger partial charge in [-0.1, -0.05) is 25.6 Å². The molecule has 0 unspecified atom stereocenters. The quantitative estimate of drug-likeness (QED) is 0.667. The van der Waals surface area contributed by atoms with Crippen molar-refractivity contribution < 1.29 is 9.90 Å². The Morgan fingerprint density at radius 1 is 1.44 bits per heavy atom. The van der Waals surface area contributed by atoms with Gasteiger partial charge in [-0.15, -0.1) is 0 Å². The lowest BCUT2D eigenvalue weighted by molar-refractivity contribution is 0.0696. The fourth-order valence-corrected chi connectivity index (χ4v) is 2.62. The molecule has 0 bridgehead atoms. The Labute approximate surface area is 111 Å². The number of rotatable bonds is 4. The molecule has 1 fully saturated rings. The first-order chi connectivity index (χ1) is 8.58. The second-order valence-electron chi connectivity index (χ2n) is 4.56. The van der Waals surface area contributed by atoms with Gasteiger partial charge < -0.3 is 10.0 Å². The van der Waals surface area contributed by atoms with Crippen LogP contribution in [0.25, 0.3) is 0 Å². The van der Waals surface area contributed by atoms with E-state index in [1.54, 1.807) is 11.8 Å². The molecule has 1 aliphatic heterocycles. The largest absolute Gasteiger partial charge is 0.477 e. The molecule has 98 valence electrons. The predicted octanol–water partition coefficient (Wildman–Crippen LogP) is 2.28. The average molecular weight is 267 g/mol. The Balaban J connectivity index is 2.34. The van der Waals surface area contributed by atoms with E-state index in [0.29, 0.717) is 16.2 Å². The molecular formula is C12H17N3O2S. The SMILES string of the molecule is CC(C)Sc1ncc(C(=O)O)c(N2CCCC2)n1. The van der Waals surface area contributed by atoms with Gasteiger partial charge in [-0.05, 0) is 12.8 Å². The first-order valence-corrected chi connectivity index (χ1v) is 6.98. The number of aromatic carboxylic acids is 1. The van der Waals surface area contributed by atoms with Crippen LogP contribution in [0.2, 0.25) is 0 Å².